The molecule has 1 fully saturated rings. The van der Waals surface area contributed by atoms with Gasteiger partial charge in [0, 0.05) is 53.6 Å². The molecule has 0 radical (unpaired) electrons. The number of non-ortho nitro benzene ring substituents is 1. The number of fused-ring (bicyclic) bond motifs is 1. The van der Waals surface area contributed by atoms with E-state index in [0.717, 1.165) is 5.69 Å². The van der Waals surface area contributed by atoms with Crippen LogP contribution >= 0.6 is 11.6 Å². The van der Waals surface area contributed by atoms with Crippen molar-refractivity contribution in [1.29, 1.82) is 0 Å². The van der Waals surface area contributed by atoms with E-state index in [-0.39, 0.29) is 24.2 Å². The van der Waals surface area contributed by atoms with Crippen molar-refractivity contribution in [2.24, 2.45) is 0 Å². The lowest BCUT2D eigenvalue weighted by atomic mass is 10.1. The average molecular weight is 427 g/mol. The molecule has 1 saturated heterocycles. The molecule has 0 saturated carbocycles. The van der Waals surface area contributed by atoms with Crippen LogP contribution in [-0.2, 0) is 0 Å². The first kappa shape index (κ1) is 20.1. The van der Waals surface area contributed by atoms with E-state index in [9.17, 15) is 20.0 Å². The van der Waals surface area contributed by atoms with E-state index in [1.165, 1.54) is 12.3 Å². The number of aliphatic hydroxyl groups is 1. The Hall–Kier alpha value is -3.23. The quantitative estimate of drug-likeness (QED) is 0.508. The van der Waals surface area contributed by atoms with Crippen molar-refractivity contribution in [1.82, 2.24) is 9.88 Å². The number of aliphatic hydroxyl groups excluding tert-OH is 1. The highest BCUT2D eigenvalue weighted by molar-refractivity contribution is 6.30. The molecule has 30 heavy (non-hydrogen) atoms. The van der Waals surface area contributed by atoms with Gasteiger partial charge in [-0.1, -0.05) is 11.6 Å². The highest BCUT2D eigenvalue weighted by atomic mass is 35.5. The van der Waals surface area contributed by atoms with Crippen molar-refractivity contribution in [3.63, 3.8) is 0 Å². The predicted octanol–water partition coefficient (Wildman–Crippen LogP) is 3.12. The van der Waals surface area contributed by atoms with Gasteiger partial charge in [-0.2, -0.15) is 0 Å². The Morgan fingerprint density at radius 2 is 1.97 bits per heavy atom. The fourth-order valence-electron chi connectivity index (χ4n) is 3.83. The first-order valence-corrected chi connectivity index (χ1v) is 9.82. The number of pyridine rings is 1. The molecule has 0 aliphatic carbocycles. The molecule has 1 aliphatic heterocycles. The highest BCUT2D eigenvalue weighted by Crippen LogP contribution is 2.34. The Kier molecular flexibility index (Phi) is 5.52. The van der Waals surface area contributed by atoms with Crippen LogP contribution in [0.5, 0.6) is 0 Å². The van der Waals surface area contributed by atoms with Crippen LogP contribution in [-0.4, -0.2) is 58.1 Å². The molecule has 1 unspecified atom stereocenters. The number of amides is 1. The summed E-state index contributed by atoms with van der Waals surface area (Å²) in [6.45, 7) is 1.10. The molecule has 1 N–H and O–H groups in total. The van der Waals surface area contributed by atoms with Crippen molar-refractivity contribution in [3.05, 3.63) is 75.4 Å². The van der Waals surface area contributed by atoms with Gasteiger partial charge in [-0.15, -0.1) is 0 Å². The third kappa shape index (κ3) is 3.67. The Balaban J connectivity index is 1.63. The lowest BCUT2D eigenvalue weighted by Gasteiger charge is -2.42. The molecule has 1 amide bonds. The van der Waals surface area contributed by atoms with Crippen LogP contribution in [0.1, 0.15) is 10.4 Å². The summed E-state index contributed by atoms with van der Waals surface area (Å²) in [6.07, 6.45) is 1.52. The predicted molar refractivity (Wildman–Crippen MR) is 114 cm³/mol. The van der Waals surface area contributed by atoms with E-state index in [2.05, 4.69) is 4.98 Å². The monoisotopic (exact) mass is 426 g/mol. The van der Waals surface area contributed by atoms with Gasteiger partial charge in [-0.3, -0.25) is 14.9 Å². The summed E-state index contributed by atoms with van der Waals surface area (Å²) < 4.78 is 0. The molecule has 1 aliphatic rings. The van der Waals surface area contributed by atoms with E-state index in [1.807, 2.05) is 4.90 Å². The molecule has 2 aromatic carbocycles. The molecule has 0 spiro atoms. The van der Waals surface area contributed by atoms with Gasteiger partial charge < -0.3 is 14.9 Å². The van der Waals surface area contributed by atoms with Crippen LogP contribution in [0.3, 0.4) is 0 Å². The first-order valence-electron chi connectivity index (χ1n) is 9.44. The summed E-state index contributed by atoms with van der Waals surface area (Å²) in [5.41, 5.74) is 1.53. The van der Waals surface area contributed by atoms with Crippen LogP contribution in [0.15, 0.2) is 54.7 Å². The van der Waals surface area contributed by atoms with Gasteiger partial charge in [-0.05, 0) is 42.5 Å². The molecule has 4 rings (SSSR count). The number of carbonyl (C=O) groups excluding carboxylic acids is 1. The number of hydrogen-bond acceptors (Lipinski definition) is 6. The van der Waals surface area contributed by atoms with Crippen molar-refractivity contribution < 1.29 is 14.8 Å². The number of aromatic nitrogens is 1. The largest absolute Gasteiger partial charge is 0.394 e. The van der Waals surface area contributed by atoms with Gasteiger partial charge in [0.1, 0.15) is 5.52 Å². The van der Waals surface area contributed by atoms with Crippen molar-refractivity contribution >= 4 is 39.8 Å². The van der Waals surface area contributed by atoms with Crippen LogP contribution in [0.2, 0.25) is 5.02 Å². The van der Waals surface area contributed by atoms with E-state index >= 15 is 0 Å². The minimum atomic E-state index is -0.453. The van der Waals surface area contributed by atoms with Crippen LogP contribution in [0, 0.1) is 10.1 Å². The number of rotatable bonds is 4. The van der Waals surface area contributed by atoms with E-state index in [0.29, 0.717) is 41.1 Å². The minimum absolute atomic E-state index is 0.0635. The third-order valence-corrected chi connectivity index (χ3v) is 5.56. The second-order valence-corrected chi connectivity index (χ2v) is 7.48. The van der Waals surface area contributed by atoms with Crippen molar-refractivity contribution in [2.45, 2.75) is 6.04 Å². The van der Waals surface area contributed by atoms with Crippen LogP contribution < -0.4 is 4.90 Å². The summed E-state index contributed by atoms with van der Waals surface area (Å²) >= 11 is 5.90. The fourth-order valence-corrected chi connectivity index (χ4v) is 3.95. The number of nitro groups is 1. The van der Waals surface area contributed by atoms with E-state index < -0.39 is 4.92 Å². The van der Waals surface area contributed by atoms with E-state index in [1.54, 1.807) is 47.4 Å². The molecule has 1 aromatic heterocycles. The lowest BCUT2D eigenvalue weighted by molar-refractivity contribution is -0.383. The Bertz CT molecular complexity index is 1110. The minimum Gasteiger partial charge on any atom is -0.394 e. The number of halogens is 1. The lowest BCUT2D eigenvalue weighted by Crippen LogP contribution is -2.56. The van der Waals surface area contributed by atoms with Gasteiger partial charge in [0.05, 0.1) is 17.6 Å². The second kappa shape index (κ2) is 8.25. The van der Waals surface area contributed by atoms with Gasteiger partial charge in [0.2, 0.25) is 0 Å². The summed E-state index contributed by atoms with van der Waals surface area (Å²) in [6, 6.07) is 13.0. The number of carbonyl (C=O) groups is 1. The third-order valence-electron chi connectivity index (χ3n) is 5.30. The maximum absolute atomic E-state index is 12.8. The van der Waals surface area contributed by atoms with Gasteiger partial charge >= 0.3 is 0 Å². The second-order valence-electron chi connectivity index (χ2n) is 7.05. The average Bonchev–Trinajstić information content (AvgIpc) is 2.78. The zero-order chi connectivity index (χ0) is 21.3. The zero-order valence-electron chi connectivity index (χ0n) is 15.9. The number of anilines is 1. The number of piperazine rings is 1. The van der Waals surface area contributed by atoms with Gasteiger partial charge in [0.25, 0.3) is 11.6 Å². The fraction of sp³-hybridized carbons (Fsp3) is 0.238. The van der Waals surface area contributed by atoms with Crippen molar-refractivity contribution in [2.75, 3.05) is 31.1 Å². The molecule has 1 atom stereocenters. The molecule has 0 bridgehead atoms. The normalized spacial score (nSPS) is 16.7. The number of nitro benzene ring substituents is 1. The summed E-state index contributed by atoms with van der Waals surface area (Å²) in [7, 11) is 0. The molecular formula is C21H19ClN4O4. The number of hydrogen-bond donors (Lipinski definition) is 1. The Labute approximate surface area is 177 Å². The van der Waals surface area contributed by atoms with E-state index in [4.69, 9.17) is 11.6 Å². The number of benzene rings is 2. The smallest absolute Gasteiger partial charge is 0.295 e. The van der Waals surface area contributed by atoms with Gasteiger partial charge in [0.15, 0.2) is 0 Å². The topological polar surface area (TPSA) is 99.8 Å². The maximum atomic E-state index is 12.8. The molecule has 3 aromatic rings. The van der Waals surface area contributed by atoms with Crippen molar-refractivity contribution in [3.8, 4) is 0 Å². The number of nitrogens with zero attached hydrogens (tertiary/aromatic N) is 4. The molecule has 2 heterocycles. The molecule has 8 nitrogen and oxygen atoms in total. The first-order chi connectivity index (χ1) is 14.5. The Morgan fingerprint density at radius 3 is 2.67 bits per heavy atom. The molecule has 154 valence electrons. The summed E-state index contributed by atoms with van der Waals surface area (Å²) in [5.74, 6) is -0.125. The Morgan fingerprint density at radius 1 is 1.20 bits per heavy atom. The highest BCUT2D eigenvalue weighted by Gasteiger charge is 2.31. The summed E-state index contributed by atoms with van der Waals surface area (Å²) in [5, 5.41) is 22.6. The SMILES string of the molecule is O=C(c1ccc(Cl)cc1)N1CCN(c2ccc([N+](=O)[O-])c3ncccc23)C(CO)C1. The molecular weight excluding hydrogens is 408 g/mol. The standard InChI is InChI=1S/C21H19ClN4O4/c22-15-5-3-14(4-6-15)21(28)24-10-11-25(16(12-24)13-27)18-7-8-19(26(29)30)20-17(18)2-1-9-23-20/h1-9,16,27H,10-13H2. The zero-order valence-corrected chi connectivity index (χ0v) is 16.7. The van der Waals surface area contributed by atoms with Crippen LogP contribution in [0.4, 0.5) is 11.4 Å². The van der Waals surface area contributed by atoms with Crippen LogP contribution in [0.25, 0.3) is 10.9 Å². The van der Waals surface area contributed by atoms with Gasteiger partial charge in [-0.25, -0.2) is 4.98 Å². The summed E-state index contributed by atoms with van der Waals surface area (Å²) in [4.78, 5) is 31.6. The molecule has 9 heteroatoms. The maximum Gasteiger partial charge on any atom is 0.295 e.